The molecule has 1 saturated heterocycles. The fourth-order valence-corrected chi connectivity index (χ4v) is 3.54. The maximum absolute atomic E-state index is 12.1. The molecule has 94 valence electrons. The van der Waals surface area contributed by atoms with Crippen LogP contribution in [-0.4, -0.2) is 32.2 Å². The summed E-state index contributed by atoms with van der Waals surface area (Å²) >= 11 is 5.85. The van der Waals surface area contributed by atoms with Crippen LogP contribution in [0.2, 0.25) is 5.02 Å². The van der Waals surface area contributed by atoms with Crippen molar-refractivity contribution < 1.29 is 13.2 Å². The topological polar surface area (TPSA) is 68.3 Å². The Kier molecular flexibility index (Phi) is 3.40. The van der Waals surface area contributed by atoms with Crippen molar-refractivity contribution in [2.75, 3.05) is 13.2 Å². The zero-order valence-corrected chi connectivity index (χ0v) is 10.9. The van der Waals surface area contributed by atoms with Crippen LogP contribution < -0.4 is 4.72 Å². The van der Waals surface area contributed by atoms with Gasteiger partial charge in [0, 0.05) is 19.0 Å². The molecule has 2 rings (SSSR count). The molecule has 0 radical (unpaired) electrons. The molecule has 1 fully saturated rings. The Bertz CT molecular complexity index is 512. The molecule has 1 atom stereocenters. The van der Waals surface area contributed by atoms with Crippen LogP contribution in [0.1, 0.15) is 13.3 Å². The first kappa shape index (κ1) is 12.8. The van der Waals surface area contributed by atoms with E-state index in [-0.39, 0.29) is 9.92 Å². The second-order valence-electron chi connectivity index (χ2n) is 4.27. The first-order chi connectivity index (χ1) is 7.93. The van der Waals surface area contributed by atoms with Gasteiger partial charge in [-0.2, -0.15) is 0 Å². The van der Waals surface area contributed by atoms with Gasteiger partial charge < -0.3 is 4.74 Å². The van der Waals surface area contributed by atoms with Gasteiger partial charge in [0.1, 0.15) is 4.90 Å². The van der Waals surface area contributed by atoms with Crippen LogP contribution >= 0.6 is 11.6 Å². The first-order valence-corrected chi connectivity index (χ1v) is 7.00. The Morgan fingerprint density at radius 3 is 2.94 bits per heavy atom. The van der Waals surface area contributed by atoms with Crippen LogP contribution in [0.25, 0.3) is 0 Å². The monoisotopic (exact) mass is 276 g/mol. The van der Waals surface area contributed by atoms with Crippen LogP contribution in [0, 0.1) is 0 Å². The van der Waals surface area contributed by atoms with E-state index in [1.165, 1.54) is 18.5 Å². The normalized spacial score (nSPS) is 25.1. The Labute approximate surface area is 105 Å². The molecule has 0 saturated carbocycles. The van der Waals surface area contributed by atoms with Crippen molar-refractivity contribution in [2.24, 2.45) is 0 Å². The minimum absolute atomic E-state index is 0.00482. The van der Waals surface area contributed by atoms with Crippen molar-refractivity contribution in [1.29, 1.82) is 0 Å². The van der Waals surface area contributed by atoms with Gasteiger partial charge in [0.2, 0.25) is 10.0 Å². The van der Waals surface area contributed by atoms with Gasteiger partial charge >= 0.3 is 0 Å². The molecule has 5 nitrogen and oxygen atoms in total. The molecule has 17 heavy (non-hydrogen) atoms. The van der Waals surface area contributed by atoms with Crippen LogP contribution in [0.4, 0.5) is 0 Å². The lowest BCUT2D eigenvalue weighted by Gasteiger charge is -2.23. The van der Waals surface area contributed by atoms with Gasteiger partial charge in [-0.05, 0) is 19.4 Å². The minimum Gasteiger partial charge on any atom is -0.379 e. The van der Waals surface area contributed by atoms with Crippen molar-refractivity contribution in [2.45, 2.75) is 23.8 Å². The maximum Gasteiger partial charge on any atom is 0.244 e. The van der Waals surface area contributed by atoms with E-state index in [4.69, 9.17) is 16.3 Å². The highest BCUT2D eigenvalue weighted by molar-refractivity contribution is 7.89. The number of nitrogens with zero attached hydrogens (tertiary/aromatic N) is 1. The summed E-state index contributed by atoms with van der Waals surface area (Å²) in [6.45, 7) is 2.73. The van der Waals surface area contributed by atoms with Crippen molar-refractivity contribution >= 4 is 21.6 Å². The summed E-state index contributed by atoms with van der Waals surface area (Å²) in [6, 6.07) is 1.45. The molecule has 1 N–H and O–H groups in total. The van der Waals surface area contributed by atoms with Gasteiger partial charge in [0.05, 0.1) is 17.2 Å². The Morgan fingerprint density at radius 1 is 1.59 bits per heavy atom. The molecule has 0 amide bonds. The number of ether oxygens (including phenoxy) is 1. The molecule has 1 aliphatic heterocycles. The van der Waals surface area contributed by atoms with Crippen LogP contribution in [-0.2, 0) is 14.8 Å². The van der Waals surface area contributed by atoms with Crippen molar-refractivity contribution in [3.8, 4) is 0 Å². The molecule has 1 aromatic heterocycles. The highest BCUT2D eigenvalue weighted by atomic mass is 35.5. The summed E-state index contributed by atoms with van der Waals surface area (Å²) < 4.78 is 32.1. The zero-order valence-electron chi connectivity index (χ0n) is 9.31. The molecule has 0 bridgehead atoms. The number of rotatable bonds is 3. The van der Waals surface area contributed by atoms with Crippen LogP contribution in [0.15, 0.2) is 23.4 Å². The third-order valence-electron chi connectivity index (χ3n) is 2.62. The number of sulfonamides is 1. The molecule has 0 spiro atoms. The predicted octanol–water partition coefficient (Wildman–Crippen LogP) is 1.19. The van der Waals surface area contributed by atoms with E-state index in [0.717, 1.165) is 0 Å². The quantitative estimate of drug-likeness (QED) is 0.900. The summed E-state index contributed by atoms with van der Waals surface area (Å²) in [6.07, 6.45) is 3.33. The largest absolute Gasteiger partial charge is 0.379 e. The summed E-state index contributed by atoms with van der Waals surface area (Å²) in [5.74, 6) is 0. The van der Waals surface area contributed by atoms with Crippen molar-refractivity contribution in [1.82, 2.24) is 9.71 Å². The van der Waals surface area contributed by atoms with Gasteiger partial charge in [-0.25, -0.2) is 13.1 Å². The van der Waals surface area contributed by atoms with E-state index in [9.17, 15) is 8.42 Å². The smallest absolute Gasteiger partial charge is 0.244 e. The molecule has 0 aromatic carbocycles. The van der Waals surface area contributed by atoms with E-state index >= 15 is 0 Å². The predicted molar refractivity (Wildman–Crippen MR) is 63.4 cm³/mol. The van der Waals surface area contributed by atoms with Crippen LogP contribution in [0.5, 0.6) is 0 Å². The number of aromatic nitrogens is 1. The third-order valence-corrected chi connectivity index (χ3v) is 4.73. The van der Waals surface area contributed by atoms with Crippen LogP contribution in [0.3, 0.4) is 0 Å². The Morgan fingerprint density at radius 2 is 2.35 bits per heavy atom. The third kappa shape index (κ3) is 2.77. The molecule has 1 aromatic rings. The maximum atomic E-state index is 12.1. The summed E-state index contributed by atoms with van der Waals surface area (Å²) in [4.78, 5) is 3.77. The van der Waals surface area contributed by atoms with E-state index in [1.54, 1.807) is 0 Å². The fourth-order valence-electron chi connectivity index (χ4n) is 1.69. The number of pyridine rings is 1. The molecular formula is C10H13ClN2O3S. The number of hydrogen-bond donors (Lipinski definition) is 1. The Balaban J connectivity index is 2.28. The summed E-state index contributed by atoms with van der Waals surface area (Å²) in [5, 5.41) is 0.162. The van der Waals surface area contributed by atoms with Gasteiger partial charge in [-0.3, -0.25) is 4.98 Å². The SMILES string of the molecule is CC1(NS(=O)(=O)c2cnccc2Cl)CCOC1. The molecule has 0 aliphatic carbocycles. The average Bonchev–Trinajstić information content (AvgIpc) is 2.64. The van der Waals surface area contributed by atoms with E-state index in [2.05, 4.69) is 9.71 Å². The average molecular weight is 277 g/mol. The fraction of sp³-hybridized carbons (Fsp3) is 0.500. The lowest BCUT2D eigenvalue weighted by molar-refractivity contribution is 0.178. The number of hydrogen-bond acceptors (Lipinski definition) is 4. The second kappa shape index (κ2) is 4.53. The summed E-state index contributed by atoms with van der Waals surface area (Å²) in [5.41, 5.74) is -0.571. The molecule has 7 heteroatoms. The molecular weight excluding hydrogens is 264 g/mol. The molecule has 2 heterocycles. The van der Waals surface area contributed by atoms with E-state index in [1.807, 2.05) is 6.92 Å². The molecule has 1 unspecified atom stereocenters. The standard InChI is InChI=1S/C10H13ClN2O3S/c1-10(3-5-16-7-10)13-17(14,15)9-6-12-4-2-8(9)11/h2,4,6,13H,3,5,7H2,1H3. The van der Waals surface area contributed by atoms with Crippen molar-refractivity contribution in [3.05, 3.63) is 23.5 Å². The van der Waals surface area contributed by atoms with Crippen molar-refractivity contribution in [3.63, 3.8) is 0 Å². The Hall–Kier alpha value is -0.690. The highest BCUT2D eigenvalue weighted by Gasteiger charge is 2.35. The zero-order chi connectivity index (χ0) is 12.5. The van der Waals surface area contributed by atoms with Gasteiger partial charge in [-0.1, -0.05) is 11.6 Å². The van der Waals surface area contributed by atoms with E-state index < -0.39 is 15.6 Å². The molecule has 1 aliphatic rings. The van der Waals surface area contributed by atoms with E-state index in [0.29, 0.717) is 19.6 Å². The minimum atomic E-state index is -3.66. The number of nitrogens with one attached hydrogen (secondary N) is 1. The number of halogens is 1. The first-order valence-electron chi connectivity index (χ1n) is 5.14. The van der Waals surface area contributed by atoms with Gasteiger partial charge in [0.15, 0.2) is 0 Å². The van der Waals surface area contributed by atoms with Gasteiger partial charge in [-0.15, -0.1) is 0 Å². The summed E-state index contributed by atoms with van der Waals surface area (Å²) in [7, 11) is -3.66. The lowest BCUT2D eigenvalue weighted by Crippen LogP contribution is -2.46. The van der Waals surface area contributed by atoms with Gasteiger partial charge in [0.25, 0.3) is 0 Å². The highest BCUT2D eigenvalue weighted by Crippen LogP contribution is 2.24. The lowest BCUT2D eigenvalue weighted by atomic mass is 10.0. The second-order valence-corrected chi connectivity index (χ2v) is 6.33.